The van der Waals surface area contributed by atoms with Crippen molar-refractivity contribution in [2.75, 3.05) is 6.54 Å². The Balaban J connectivity index is 1.83. The molecule has 0 saturated carbocycles. The Bertz CT molecular complexity index is 995. The van der Waals surface area contributed by atoms with E-state index in [4.69, 9.17) is 23.2 Å². The van der Waals surface area contributed by atoms with Crippen LogP contribution < -0.4 is 0 Å². The molecular formula is C19H14Cl2N2OS2. The second-order valence-corrected chi connectivity index (χ2v) is 9.06. The van der Waals surface area contributed by atoms with Gasteiger partial charge in [-0.1, -0.05) is 29.8 Å². The zero-order valence-electron chi connectivity index (χ0n) is 13.6. The maximum absolute atomic E-state index is 12.3. The predicted molar refractivity (Wildman–Crippen MR) is 109 cm³/mol. The Morgan fingerprint density at radius 3 is 2.96 bits per heavy atom. The number of carbonyl (C=O) groups excluding carboxylic acids is 1. The van der Waals surface area contributed by atoms with E-state index in [0.29, 0.717) is 18.1 Å². The van der Waals surface area contributed by atoms with Gasteiger partial charge in [0.25, 0.3) is 0 Å². The zero-order chi connectivity index (χ0) is 18.3. The molecule has 3 aromatic rings. The van der Waals surface area contributed by atoms with E-state index in [-0.39, 0.29) is 11.8 Å². The van der Waals surface area contributed by atoms with Crippen molar-refractivity contribution in [2.24, 2.45) is 0 Å². The molecule has 0 spiro atoms. The Hall–Kier alpha value is -1.66. The highest BCUT2D eigenvalue weighted by molar-refractivity contribution is 7.16. The second kappa shape index (κ2) is 7.16. The third-order valence-corrected chi connectivity index (χ3v) is 7.05. The van der Waals surface area contributed by atoms with Gasteiger partial charge in [-0.2, -0.15) is 0 Å². The Morgan fingerprint density at radius 1 is 1.35 bits per heavy atom. The maximum Gasteiger partial charge on any atom is 0.246 e. The number of pyridine rings is 1. The molecule has 4 heterocycles. The Kier molecular flexibility index (Phi) is 4.88. The van der Waals surface area contributed by atoms with E-state index in [1.54, 1.807) is 29.8 Å². The standard InChI is InChI=1S/C19H14Cl2N2OS2/c1-2-18(24)23-9-14(12-7-17(21)26-16(12)10-23)11-4-6-25-19(11)13-8-22-5-3-15(13)20/h2-8,14H,1,9-10H2/t14-/m1/s1. The van der Waals surface area contributed by atoms with E-state index in [9.17, 15) is 4.79 Å². The van der Waals surface area contributed by atoms with Crippen LogP contribution in [-0.4, -0.2) is 22.3 Å². The molecule has 0 radical (unpaired) electrons. The van der Waals surface area contributed by atoms with Crippen molar-refractivity contribution in [1.82, 2.24) is 9.88 Å². The topological polar surface area (TPSA) is 33.2 Å². The van der Waals surface area contributed by atoms with E-state index in [2.05, 4.69) is 23.0 Å². The summed E-state index contributed by atoms with van der Waals surface area (Å²) < 4.78 is 0.740. The van der Waals surface area contributed by atoms with Gasteiger partial charge in [-0.15, -0.1) is 22.7 Å². The van der Waals surface area contributed by atoms with Gasteiger partial charge in [0, 0.05) is 40.2 Å². The van der Waals surface area contributed by atoms with Gasteiger partial charge in [-0.25, -0.2) is 0 Å². The first-order valence-electron chi connectivity index (χ1n) is 7.95. The third-order valence-electron chi connectivity index (χ3n) is 4.49. The van der Waals surface area contributed by atoms with Crippen LogP contribution in [-0.2, 0) is 11.3 Å². The first-order valence-corrected chi connectivity index (χ1v) is 10.4. The second-order valence-electron chi connectivity index (χ2n) is 5.97. The number of hydrogen-bond acceptors (Lipinski definition) is 4. The lowest BCUT2D eigenvalue weighted by atomic mass is 9.87. The number of amides is 1. The Labute approximate surface area is 169 Å². The van der Waals surface area contributed by atoms with E-state index in [0.717, 1.165) is 25.2 Å². The van der Waals surface area contributed by atoms with Gasteiger partial charge < -0.3 is 4.90 Å². The van der Waals surface area contributed by atoms with E-state index < -0.39 is 0 Å². The summed E-state index contributed by atoms with van der Waals surface area (Å²) in [6.07, 6.45) is 4.83. The molecule has 0 N–H and O–H groups in total. The Morgan fingerprint density at radius 2 is 2.19 bits per heavy atom. The summed E-state index contributed by atoms with van der Waals surface area (Å²) >= 11 is 15.8. The number of nitrogens with zero attached hydrogens (tertiary/aromatic N) is 2. The summed E-state index contributed by atoms with van der Waals surface area (Å²) in [6.45, 7) is 4.78. The number of halogens is 2. The largest absolute Gasteiger partial charge is 0.333 e. The SMILES string of the molecule is C=CC(=O)N1Cc2sc(Cl)cc2[C@@H](c2ccsc2-c2cnccc2Cl)C1. The van der Waals surface area contributed by atoms with Crippen LogP contribution in [0.1, 0.15) is 21.9 Å². The van der Waals surface area contributed by atoms with Crippen molar-refractivity contribution in [3.8, 4) is 10.4 Å². The fourth-order valence-electron chi connectivity index (χ4n) is 3.30. The minimum absolute atomic E-state index is 0.0453. The minimum atomic E-state index is -0.0682. The van der Waals surface area contributed by atoms with Crippen molar-refractivity contribution >= 4 is 51.8 Å². The number of fused-ring (bicyclic) bond motifs is 1. The summed E-state index contributed by atoms with van der Waals surface area (Å²) in [4.78, 5) is 20.5. The van der Waals surface area contributed by atoms with Crippen molar-refractivity contribution in [1.29, 1.82) is 0 Å². The van der Waals surface area contributed by atoms with Gasteiger partial charge in [-0.3, -0.25) is 9.78 Å². The van der Waals surface area contributed by atoms with Crippen LogP contribution in [0.2, 0.25) is 9.36 Å². The van der Waals surface area contributed by atoms with E-state index in [1.165, 1.54) is 23.0 Å². The molecular weight excluding hydrogens is 407 g/mol. The molecule has 0 fully saturated rings. The highest BCUT2D eigenvalue weighted by atomic mass is 35.5. The summed E-state index contributed by atoms with van der Waals surface area (Å²) in [5.41, 5.74) is 3.24. The molecule has 1 aliphatic heterocycles. The van der Waals surface area contributed by atoms with Crippen molar-refractivity contribution in [3.63, 3.8) is 0 Å². The molecule has 0 aliphatic carbocycles. The molecule has 0 aromatic carbocycles. The van der Waals surface area contributed by atoms with Crippen LogP contribution in [0.25, 0.3) is 10.4 Å². The molecule has 132 valence electrons. The predicted octanol–water partition coefficient (Wildman–Crippen LogP) is 5.84. The van der Waals surface area contributed by atoms with Gasteiger partial charge in [0.15, 0.2) is 0 Å². The third kappa shape index (κ3) is 3.09. The van der Waals surface area contributed by atoms with Gasteiger partial charge in [-0.05, 0) is 40.8 Å². The highest BCUT2D eigenvalue weighted by Crippen LogP contribution is 2.45. The molecule has 1 atom stereocenters. The van der Waals surface area contributed by atoms with Gasteiger partial charge >= 0.3 is 0 Å². The maximum atomic E-state index is 12.3. The number of hydrogen-bond donors (Lipinski definition) is 0. The van der Waals surface area contributed by atoms with Crippen molar-refractivity contribution < 1.29 is 4.79 Å². The van der Waals surface area contributed by atoms with Crippen LogP contribution in [0, 0.1) is 0 Å². The summed E-state index contributed by atoms with van der Waals surface area (Å²) in [6, 6.07) is 5.92. The minimum Gasteiger partial charge on any atom is -0.333 e. The van der Waals surface area contributed by atoms with Crippen LogP contribution in [0.4, 0.5) is 0 Å². The normalized spacial score (nSPS) is 16.4. The molecule has 3 aromatic heterocycles. The fraction of sp³-hybridized carbons (Fsp3) is 0.158. The molecule has 0 bridgehead atoms. The summed E-state index contributed by atoms with van der Waals surface area (Å²) in [5.74, 6) is -0.0229. The first kappa shape index (κ1) is 17.7. The number of thiophene rings is 2. The molecule has 1 aliphatic rings. The summed E-state index contributed by atoms with van der Waals surface area (Å²) in [7, 11) is 0. The van der Waals surface area contributed by atoms with E-state index >= 15 is 0 Å². The van der Waals surface area contributed by atoms with Gasteiger partial charge in [0.2, 0.25) is 5.91 Å². The number of aromatic nitrogens is 1. The molecule has 26 heavy (non-hydrogen) atoms. The lowest BCUT2D eigenvalue weighted by Gasteiger charge is -2.32. The monoisotopic (exact) mass is 420 g/mol. The lowest BCUT2D eigenvalue weighted by Crippen LogP contribution is -2.36. The molecule has 0 unspecified atom stereocenters. The molecule has 4 rings (SSSR count). The van der Waals surface area contributed by atoms with Crippen LogP contribution in [0.3, 0.4) is 0 Å². The van der Waals surface area contributed by atoms with Crippen molar-refractivity contribution in [3.05, 3.63) is 74.0 Å². The molecule has 3 nitrogen and oxygen atoms in total. The lowest BCUT2D eigenvalue weighted by molar-refractivity contribution is -0.127. The first-order chi connectivity index (χ1) is 12.6. The van der Waals surface area contributed by atoms with E-state index in [1.807, 2.05) is 11.0 Å². The number of carbonyl (C=O) groups is 1. The van der Waals surface area contributed by atoms with Crippen LogP contribution in [0.15, 0.2) is 48.6 Å². The van der Waals surface area contributed by atoms with Crippen LogP contribution in [0.5, 0.6) is 0 Å². The average molecular weight is 421 g/mol. The molecule has 0 saturated heterocycles. The van der Waals surface area contributed by atoms with Crippen LogP contribution >= 0.6 is 45.9 Å². The van der Waals surface area contributed by atoms with Crippen molar-refractivity contribution in [2.45, 2.75) is 12.5 Å². The average Bonchev–Trinajstić information content (AvgIpc) is 3.26. The number of rotatable bonds is 3. The van der Waals surface area contributed by atoms with Gasteiger partial charge in [0.1, 0.15) is 0 Å². The quantitative estimate of drug-likeness (QED) is 0.498. The smallest absolute Gasteiger partial charge is 0.246 e. The molecule has 7 heteroatoms. The summed E-state index contributed by atoms with van der Waals surface area (Å²) in [5, 5.41) is 2.72. The molecule has 1 amide bonds. The zero-order valence-corrected chi connectivity index (χ0v) is 16.8. The fourth-order valence-corrected chi connectivity index (χ4v) is 5.90. The van der Waals surface area contributed by atoms with Gasteiger partial charge in [0.05, 0.1) is 15.9 Å². The highest BCUT2D eigenvalue weighted by Gasteiger charge is 2.32.